The molecule has 0 aromatic heterocycles. The molecule has 1 heterocycles. The summed E-state index contributed by atoms with van der Waals surface area (Å²) in [5, 5.41) is 0. The van der Waals surface area contributed by atoms with E-state index in [1.165, 1.54) is 17.7 Å². The first-order valence-electron chi connectivity index (χ1n) is 6.92. The zero-order valence-corrected chi connectivity index (χ0v) is 13.7. The van der Waals surface area contributed by atoms with Gasteiger partial charge in [0.25, 0.3) is 0 Å². The molecule has 3 nitrogen and oxygen atoms in total. The lowest BCUT2D eigenvalue weighted by Gasteiger charge is -2.25. The van der Waals surface area contributed by atoms with E-state index in [0.29, 0.717) is 6.04 Å². The van der Waals surface area contributed by atoms with Crippen LogP contribution in [0.4, 0.5) is 5.69 Å². The largest absolute Gasteiger partial charge is 0.370 e. The van der Waals surface area contributed by atoms with Gasteiger partial charge in [0.1, 0.15) is 0 Å². The molecule has 0 amide bonds. The molecule has 2 N–H and O–H groups in total. The first-order valence-corrected chi connectivity index (χ1v) is 7.72. The quantitative estimate of drug-likeness (QED) is 0.923. The lowest BCUT2D eigenvalue weighted by molar-refractivity contribution is 0.315. The summed E-state index contributed by atoms with van der Waals surface area (Å²) in [7, 11) is 4.33. The molecule has 1 aliphatic heterocycles. The summed E-state index contributed by atoms with van der Waals surface area (Å²) in [6, 6.07) is 7.40. The Morgan fingerprint density at radius 2 is 2.21 bits per heavy atom. The van der Waals surface area contributed by atoms with Gasteiger partial charge in [0, 0.05) is 35.3 Å². The van der Waals surface area contributed by atoms with Gasteiger partial charge in [-0.05, 0) is 51.6 Å². The molecule has 0 bridgehead atoms. The molecule has 0 saturated carbocycles. The van der Waals surface area contributed by atoms with Crippen LogP contribution in [-0.4, -0.2) is 44.2 Å². The minimum atomic E-state index is 0.201. The summed E-state index contributed by atoms with van der Waals surface area (Å²) in [5.74, 6) is 0. The highest BCUT2D eigenvalue weighted by Crippen LogP contribution is 2.29. The fourth-order valence-corrected chi connectivity index (χ4v) is 3.08. The van der Waals surface area contributed by atoms with Crippen LogP contribution in [0.5, 0.6) is 0 Å². The Balaban J connectivity index is 2.21. The highest BCUT2D eigenvalue weighted by atomic mass is 79.9. The molecule has 19 heavy (non-hydrogen) atoms. The predicted molar refractivity (Wildman–Crippen MR) is 85.8 cm³/mol. The molecule has 0 aliphatic carbocycles. The van der Waals surface area contributed by atoms with Gasteiger partial charge in [0.05, 0.1) is 0 Å². The average Bonchev–Trinajstić information content (AvgIpc) is 2.80. The summed E-state index contributed by atoms with van der Waals surface area (Å²) in [5.41, 5.74) is 8.67. The molecule has 2 atom stereocenters. The van der Waals surface area contributed by atoms with E-state index in [1.54, 1.807) is 0 Å². The molecule has 1 fully saturated rings. The minimum Gasteiger partial charge on any atom is -0.370 e. The Bertz CT molecular complexity index is 431. The molecule has 1 aliphatic rings. The van der Waals surface area contributed by atoms with E-state index in [2.05, 4.69) is 64.9 Å². The van der Waals surface area contributed by atoms with Crippen LogP contribution < -0.4 is 10.6 Å². The van der Waals surface area contributed by atoms with Crippen molar-refractivity contribution in [1.29, 1.82) is 0 Å². The number of hydrogen-bond donors (Lipinski definition) is 1. The number of nitrogens with two attached hydrogens (primary N) is 1. The third-order valence-electron chi connectivity index (χ3n) is 3.82. The van der Waals surface area contributed by atoms with E-state index in [4.69, 9.17) is 5.73 Å². The monoisotopic (exact) mass is 325 g/mol. The fraction of sp³-hybridized carbons (Fsp3) is 0.600. The van der Waals surface area contributed by atoms with Gasteiger partial charge in [-0.25, -0.2) is 0 Å². The maximum atomic E-state index is 5.97. The highest BCUT2D eigenvalue weighted by molar-refractivity contribution is 9.10. The molecule has 1 aromatic rings. The molecule has 0 radical (unpaired) electrons. The molecule has 1 saturated heterocycles. The van der Waals surface area contributed by atoms with Crippen LogP contribution in [0.15, 0.2) is 22.7 Å². The molecule has 2 rings (SSSR count). The molecular formula is C15H24BrN3. The smallest absolute Gasteiger partial charge is 0.0411 e. The maximum absolute atomic E-state index is 5.97. The van der Waals surface area contributed by atoms with Gasteiger partial charge in [-0.15, -0.1) is 0 Å². The van der Waals surface area contributed by atoms with E-state index >= 15 is 0 Å². The third kappa shape index (κ3) is 3.71. The second kappa shape index (κ2) is 6.25. The number of benzene rings is 1. The van der Waals surface area contributed by atoms with Gasteiger partial charge >= 0.3 is 0 Å². The van der Waals surface area contributed by atoms with Crippen LogP contribution in [0.25, 0.3) is 0 Å². The van der Waals surface area contributed by atoms with Crippen LogP contribution in [-0.2, 0) is 6.42 Å². The van der Waals surface area contributed by atoms with E-state index in [0.717, 1.165) is 24.0 Å². The SMILES string of the molecule is CC(N)Cc1ccc(Br)cc1N1CCC(N(C)C)C1. The van der Waals surface area contributed by atoms with Crippen molar-refractivity contribution in [3.8, 4) is 0 Å². The highest BCUT2D eigenvalue weighted by Gasteiger charge is 2.25. The van der Waals surface area contributed by atoms with Gasteiger partial charge < -0.3 is 15.5 Å². The third-order valence-corrected chi connectivity index (χ3v) is 4.32. The van der Waals surface area contributed by atoms with Gasteiger partial charge in [0.2, 0.25) is 0 Å². The molecule has 4 heteroatoms. The zero-order chi connectivity index (χ0) is 14.0. The van der Waals surface area contributed by atoms with Crippen LogP contribution in [0.3, 0.4) is 0 Å². The van der Waals surface area contributed by atoms with Crippen molar-refractivity contribution in [3.05, 3.63) is 28.2 Å². The van der Waals surface area contributed by atoms with Gasteiger partial charge in [-0.1, -0.05) is 22.0 Å². The van der Waals surface area contributed by atoms with Crippen molar-refractivity contribution in [2.75, 3.05) is 32.1 Å². The Hall–Kier alpha value is -0.580. The minimum absolute atomic E-state index is 0.201. The van der Waals surface area contributed by atoms with Crippen molar-refractivity contribution in [3.63, 3.8) is 0 Å². The molecule has 2 unspecified atom stereocenters. The molecule has 0 spiro atoms. The molecule has 106 valence electrons. The Morgan fingerprint density at radius 3 is 2.79 bits per heavy atom. The maximum Gasteiger partial charge on any atom is 0.0411 e. The Kier molecular flexibility index (Phi) is 4.87. The topological polar surface area (TPSA) is 32.5 Å². The van der Waals surface area contributed by atoms with Gasteiger partial charge in [-0.3, -0.25) is 0 Å². The van der Waals surface area contributed by atoms with Crippen molar-refractivity contribution < 1.29 is 0 Å². The summed E-state index contributed by atoms with van der Waals surface area (Å²) < 4.78 is 1.14. The number of likely N-dealkylation sites (N-methyl/N-ethyl adjacent to an activating group) is 1. The van der Waals surface area contributed by atoms with Crippen LogP contribution in [0.2, 0.25) is 0 Å². The number of rotatable bonds is 4. The molecular weight excluding hydrogens is 302 g/mol. The summed E-state index contributed by atoms with van der Waals surface area (Å²) >= 11 is 3.59. The number of hydrogen-bond acceptors (Lipinski definition) is 3. The standard InChI is InChI=1S/C15H24BrN3/c1-11(17)8-12-4-5-13(16)9-15(12)19-7-6-14(10-19)18(2)3/h4-5,9,11,14H,6-8,10,17H2,1-3H3. The summed E-state index contributed by atoms with van der Waals surface area (Å²) in [6.45, 7) is 4.30. The van der Waals surface area contributed by atoms with E-state index in [-0.39, 0.29) is 6.04 Å². The van der Waals surface area contributed by atoms with Crippen molar-refractivity contribution in [1.82, 2.24) is 4.90 Å². The predicted octanol–water partition coefficient (Wildman–Crippen LogP) is 2.48. The lowest BCUT2D eigenvalue weighted by Crippen LogP contribution is -2.32. The second-order valence-electron chi connectivity index (χ2n) is 5.81. The van der Waals surface area contributed by atoms with Gasteiger partial charge in [0.15, 0.2) is 0 Å². The van der Waals surface area contributed by atoms with E-state index < -0.39 is 0 Å². The second-order valence-corrected chi connectivity index (χ2v) is 6.72. The molecule has 1 aromatic carbocycles. The first-order chi connectivity index (χ1) is 8.97. The Morgan fingerprint density at radius 1 is 1.47 bits per heavy atom. The van der Waals surface area contributed by atoms with Crippen LogP contribution in [0, 0.1) is 0 Å². The van der Waals surface area contributed by atoms with Crippen LogP contribution in [0.1, 0.15) is 18.9 Å². The lowest BCUT2D eigenvalue weighted by atomic mass is 10.0. The van der Waals surface area contributed by atoms with E-state index in [1.807, 2.05) is 0 Å². The Labute approximate surface area is 124 Å². The van der Waals surface area contributed by atoms with Crippen molar-refractivity contribution in [2.24, 2.45) is 5.73 Å². The summed E-state index contributed by atoms with van der Waals surface area (Å²) in [6.07, 6.45) is 2.17. The van der Waals surface area contributed by atoms with Gasteiger partial charge in [-0.2, -0.15) is 0 Å². The fourth-order valence-electron chi connectivity index (χ4n) is 2.73. The number of halogens is 1. The zero-order valence-electron chi connectivity index (χ0n) is 12.1. The van der Waals surface area contributed by atoms with E-state index in [9.17, 15) is 0 Å². The normalized spacial score (nSPS) is 21.2. The van der Waals surface area contributed by atoms with Crippen molar-refractivity contribution >= 4 is 21.6 Å². The average molecular weight is 326 g/mol. The number of nitrogens with zero attached hydrogens (tertiary/aromatic N) is 2. The van der Waals surface area contributed by atoms with Crippen molar-refractivity contribution in [2.45, 2.75) is 31.8 Å². The first kappa shape index (κ1) is 14.8. The number of anilines is 1. The summed E-state index contributed by atoms with van der Waals surface area (Å²) in [4.78, 5) is 4.82. The van der Waals surface area contributed by atoms with Crippen LogP contribution >= 0.6 is 15.9 Å².